The molecule has 2 rings (SSSR count). The van der Waals surface area contributed by atoms with Crippen LogP contribution in [0.15, 0.2) is 42.5 Å². The van der Waals surface area contributed by atoms with E-state index in [1.54, 1.807) is 0 Å². The molecule has 2 aromatic rings. The minimum atomic E-state index is -0.282. The Kier molecular flexibility index (Phi) is 4.82. The van der Waals surface area contributed by atoms with Gasteiger partial charge in [0.15, 0.2) is 6.73 Å². The van der Waals surface area contributed by atoms with Crippen molar-refractivity contribution in [3.05, 3.63) is 59.2 Å². The number of amides is 2. The number of carbonyl (C=O) groups excluding carboxylic acids is 1. The predicted molar refractivity (Wildman–Crippen MR) is 84.7 cm³/mol. The summed E-state index contributed by atoms with van der Waals surface area (Å²) >= 11 is 0. The largest absolute Gasteiger partial charge is 0.473 e. The number of rotatable bonds is 4. The fraction of sp³-hybridized carbons (Fsp3) is 0.235. The Morgan fingerprint density at radius 3 is 2.38 bits per heavy atom. The number of nitrogens with one attached hydrogen (secondary N) is 2. The summed E-state index contributed by atoms with van der Waals surface area (Å²) in [7, 11) is 0. The molecule has 0 atom stereocenters. The van der Waals surface area contributed by atoms with E-state index in [-0.39, 0.29) is 12.8 Å². The molecule has 0 radical (unpaired) electrons. The molecule has 0 spiro atoms. The van der Waals surface area contributed by atoms with Crippen LogP contribution in [0.3, 0.4) is 0 Å². The molecule has 0 unspecified atom stereocenters. The van der Waals surface area contributed by atoms with Crippen molar-refractivity contribution in [1.29, 1.82) is 0 Å². The van der Waals surface area contributed by atoms with Gasteiger partial charge in [0.05, 0.1) is 0 Å². The minimum absolute atomic E-state index is 0.125. The zero-order valence-corrected chi connectivity index (χ0v) is 12.6. The molecule has 4 nitrogen and oxygen atoms in total. The van der Waals surface area contributed by atoms with Crippen molar-refractivity contribution in [2.75, 3.05) is 12.0 Å². The van der Waals surface area contributed by atoms with Crippen LogP contribution in [0.4, 0.5) is 10.5 Å². The molecule has 0 heterocycles. The lowest BCUT2D eigenvalue weighted by Crippen LogP contribution is -2.32. The van der Waals surface area contributed by atoms with E-state index in [9.17, 15) is 4.79 Å². The monoisotopic (exact) mass is 284 g/mol. The van der Waals surface area contributed by atoms with Crippen molar-refractivity contribution in [2.45, 2.75) is 20.8 Å². The number of ether oxygens (including phenoxy) is 1. The number of carbonyl (C=O) groups is 1. The Hall–Kier alpha value is -2.49. The van der Waals surface area contributed by atoms with Gasteiger partial charge in [-0.05, 0) is 50.1 Å². The first kappa shape index (κ1) is 14.9. The first-order valence-electron chi connectivity index (χ1n) is 6.86. The molecule has 4 heteroatoms. The molecule has 0 aliphatic carbocycles. The Balaban J connectivity index is 1.82. The Bertz CT molecular complexity index is 621. The highest BCUT2D eigenvalue weighted by atomic mass is 16.5. The molecule has 0 bridgehead atoms. The summed E-state index contributed by atoms with van der Waals surface area (Å²) in [5.41, 5.74) is 4.10. The Labute approximate surface area is 125 Å². The summed E-state index contributed by atoms with van der Waals surface area (Å²) in [4.78, 5) is 11.8. The number of hydrogen-bond acceptors (Lipinski definition) is 2. The van der Waals surface area contributed by atoms with Crippen molar-refractivity contribution in [3.8, 4) is 5.75 Å². The molecule has 0 fully saturated rings. The van der Waals surface area contributed by atoms with E-state index in [2.05, 4.69) is 10.6 Å². The fourth-order valence-electron chi connectivity index (χ4n) is 1.86. The molecular formula is C17H20N2O2. The zero-order chi connectivity index (χ0) is 15.2. The number of aryl methyl sites for hydroxylation is 3. The average molecular weight is 284 g/mol. The van der Waals surface area contributed by atoms with E-state index in [0.29, 0.717) is 0 Å². The maximum Gasteiger partial charge on any atom is 0.321 e. The van der Waals surface area contributed by atoms with Crippen molar-refractivity contribution in [2.24, 2.45) is 0 Å². The first-order valence-corrected chi connectivity index (χ1v) is 6.86. The van der Waals surface area contributed by atoms with Crippen LogP contribution in [0.5, 0.6) is 5.75 Å². The van der Waals surface area contributed by atoms with E-state index in [4.69, 9.17) is 4.74 Å². The number of hydrogen-bond donors (Lipinski definition) is 2. The maximum absolute atomic E-state index is 11.8. The van der Waals surface area contributed by atoms with Crippen LogP contribution in [0.1, 0.15) is 16.7 Å². The van der Waals surface area contributed by atoms with E-state index in [1.807, 2.05) is 63.2 Å². The van der Waals surface area contributed by atoms with Gasteiger partial charge in [-0.15, -0.1) is 0 Å². The van der Waals surface area contributed by atoms with Crippen LogP contribution in [-0.2, 0) is 0 Å². The van der Waals surface area contributed by atoms with Gasteiger partial charge in [-0.1, -0.05) is 29.8 Å². The normalized spacial score (nSPS) is 10.0. The standard InChI is InChI=1S/C17H20N2O2/c1-12-5-8-15(9-6-12)21-11-18-17(20)19-16-10-13(2)4-7-14(16)3/h4-10H,11H2,1-3H3,(H2,18,19,20). The molecule has 0 saturated heterocycles. The van der Waals surface area contributed by atoms with Gasteiger partial charge >= 0.3 is 6.03 Å². The van der Waals surface area contributed by atoms with Crippen molar-refractivity contribution < 1.29 is 9.53 Å². The molecule has 110 valence electrons. The third kappa shape index (κ3) is 4.53. The highest BCUT2D eigenvalue weighted by Crippen LogP contribution is 2.16. The quantitative estimate of drug-likeness (QED) is 0.840. The van der Waals surface area contributed by atoms with Crippen molar-refractivity contribution >= 4 is 11.7 Å². The number of benzene rings is 2. The second-order valence-electron chi connectivity index (χ2n) is 5.05. The van der Waals surface area contributed by atoms with Gasteiger partial charge in [0, 0.05) is 5.69 Å². The summed E-state index contributed by atoms with van der Waals surface area (Å²) in [5.74, 6) is 0.729. The smallest absolute Gasteiger partial charge is 0.321 e. The van der Waals surface area contributed by atoms with Gasteiger partial charge in [-0.25, -0.2) is 4.79 Å². The van der Waals surface area contributed by atoms with E-state index in [1.165, 1.54) is 5.56 Å². The molecule has 21 heavy (non-hydrogen) atoms. The molecule has 2 N–H and O–H groups in total. The molecule has 0 aliphatic rings. The van der Waals surface area contributed by atoms with Gasteiger partial charge in [-0.3, -0.25) is 0 Å². The van der Waals surface area contributed by atoms with Crippen LogP contribution >= 0.6 is 0 Å². The highest BCUT2D eigenvalue weighted by Gasteiger charge is 2.04. The van der Waals surface area contributed by atoms with Crippen LogP contribution in [-0.4, -0.2) is 12.8 Å². The van der Waals surface area contributed by atoms with Crippen LogP contribution in [0, 0.1) is 20.8 Å². The van der Waals surface area contributed by atoms with Gasteiger partial charge < -0.3 is 15.4 Å². The third-order valence-corrected chi connectivity index (χ3v) is 3.13. The minimum Gasteiger partial charge on any atom is -0.473 e. The Morgan fingerprint density at radius 1 is 1.00 bits per heavy atom. The fourth-order valence-corrected chi connectivity index (χ4v) is 1.86. The second-order valence-corrected chi connectivity index (χ2v) is 5.05. The molecule has 0 saturated carbocycles. The van der Waals surface area contributed by atoms with Gasteiger partial charge in [0.25, 0.3) is 0 Å². The average Bonchev–Trinajstić information content (AvgIpc) is 2.45. The molecular weight excluding hydrogens is 264 g/mol. The van der Waals surface area contributed by atoms with Gasteiger partial charge in [0.2, 0.25) is 0 Å². The molecule has 0 aliphatic heterocycles. The summed E-state index contributed by atoms with van der Waals surface area (Å²) in [6.07, 6.45) is 0. The topological polar surface area (TPSA) is 50.4 Å². The van der Waals surface area contributed by atoms with E-state index >= 15 is 0 Å². The number of urea groups is 1. The lowest BCUT2D eigenvalue weighted by molar-refractivity contribution is 0.234. The third-order valence-electron chi connectivity index (χ3n) is 3.13. The van der Waals surface area contributed by atoms with Crippen LogP contribution in [0.25, 0.3) is 0 Å². The van der Waals surface area contributed by atoms with E-state index < -0.39 is 0 Å². The van der Waals surface area contributed by atoms with Gasteiger partial charge in [0.1, 0.15) is 5.75 Å². The summed E-state index contributed by atoms with van der Waals surface area (Å²) in [6, 6.07) is 13.3. The number of anilines is 1. The van der Waals surface area contributed by atoms with Crippen molar-refractivity contribution in [1.82, 2.24) is 5.32 Å². The molecule has 2 amide bonds. The second kappa shape index (κ2) is 6.79. The highest BCUT2D eigenvalue weighted by molar-refractivity contribution is 5.90. The zero-order valence-electron chi connectivity index (χ0n) is 12.6. The lowest BCUT2D eigenvalue weighted by atomic mass is 10.1. The Morgan fingerprint density at radius 2 is 1.67 bits per heavy atom. The van der Waals surface area contributed by atoms with E-state index in [0.717, 1.165) is 22.6 Å². The summed E-state index contributed by atoms with van der Waals surface area (Å²) < 4.78 is 5.45. The molecule has 0 aromatic heterocycles. The molecule has 2 aromatic carbocycles. The maximum atomic E-state index is 11.8. The lowest BCUT2D eigenvalue weighted by Gasteiger charge is -2.11. The summed E-state index contributed by atoms with van der Waals surface area (Å²) in [6.45, 7) is 6.08. The van der Waals surface area contributed by atoms with Crippen molar-refractivity contribution in [3.63, 3.8) is 0 Å². The SMILES string of the molecule is Cc1ccc(OCNC(=O)Nc2cc(C)ccc2C)cc1. The van der Waals surface area contributed by atoms with Crippen LogP contribution in [0.2, 0.25) is 0 Å². The predicted octanol–water partition coefficient (Wildman–Crippen LogP) is 3.77. The van der Waals surface area contributed by atoms with Gasteiger partial charge in [-0.2, -0.15) is 0 Å². The summed E-state index contributed by atoms with van der Waals surface area (Å²) in [5, 5.41) is 5.49. The first-order chi connectivity index (χ1) is 10.0. The van der Waals surface area contributed by atoms with Crippen LogP contribution < -0.4 is 15.4 Å².